The highest BCUT2D eigenvalue weighted by Crippen LogP contribution is 2.31. The number of rotatable bonds is 8. The number of hydrogen-bond acceptors (Lipinski definition) is 7. The maximum atomic E-state index is 13.6. The summed E-state index contributed by atoms with van der Waals surface area (Å²) in [4.78, 5) is 43.4. The smallest absolute Gasteiger partial charge is 0.254 e. The molecule has 1 aliphatic rings. The number of halogens is 2. The molecule has 2 heterocycles. The van der Waals surface area contributed by atoms with Gasteiger partial charge >= 0.3 is 0 Å². The van der Waals surface area contributed by atoms with Crippen LogP contribution in [0, 0.1) is 0 Å². The van der Waals surface area contributed by atoms with Crippen molar-refractivity contribution in [3.8, 4) is 11.3 Å². The van der Waals surface area contributed by atoms with E-state index in [1.54, 1.807) is 36.4 Å². The van der Waals surface area contributed by atoms with Crippen LogP contribution >= 0.6 is 23.2 Å². The number of aromatic nitrogens is 2. The van der Waals surface area contributed by atoms with Gasteiger partial charge in [0.25, 0.3) is 5.56 Å². The van der Waals surface area contributed by atoms with Crippen molar-refractivity contribution in [3.05, 3.63) is 117 Å². The Labute approximate surface area is 245 Å². The highest BCUT2D eigenvalue weighted by molar-refractivity contribution is 6.31. The molecule has 208 valence electrons. The van der Waals surface area contributed by atoms with Gasteiger partial charge < -0.3 is 16.4 Å². The molecule has 12 heteroatoms. The monoisotopic (exact) mass is 589 g/mol. The molecule has 0 spiro atoms. The van der Waals surface area contributed by atoms with Gasteiger partial charge in [-0.05, 0) is 47.5 Å². The molecule has 2 amide bonds. The zero-order valence-electron chi connectivity index (χ0n) is 21.6. The van der Waals surface area contributed by atoms with Gasteiger partial charge in [0.1, 0.15) is 11.2 Å². The van der Waals surface area contributed by atoms with Gasteiger partial charge in [-0.1, -0.05) is 53.5 Å². The summed E-state index contributed by atoms with van der Waals surface area (Å²) in [7, 11) is 0. The average Bonchev–Trinajstić information content (AvgIpc) is 3.31. The fraction of sp³-hybridized carbons (Fsp3) is 0.103. The van der Waals surface area contributed by atoms with Crippen molar-refractivity contribution in [1.82, 2.24) is 9.55 Å². The normalized spacial score (nSPS) is 13.3. The molecule has 0 fully saturated rings. The highest BCUT2D eigenvalue weighted by Gasteiger charge is 2.25. The van der Waals surface area contributed by atoms with Crippen molar-refractivity contribution in [2.24, 2.45) is 11.6 Å². The van der Waals surface area contributed by atoms with Crippen molar-refractivity contribution in [3.63, 3.8) is 0 Å². The average molecular weight is 590 g/mol. The Morgan fingerprint density at radius 2 is 1.90 bits per heavy atom. The number of carbonyl (C=O) groups is 2. The van der Waals surface area contributed by atoms with Crippen molar-refractivity contribution >= 4 is 52.1 Å². The molecule has 0 saturated carbocycles. The molecule has 1 atom stereocenters. The van der Waals surface area contributed by atoms with Crippen molar-refractivity contribution in [2.45, 2.75) is 18.9 Å². The van der Waals surface area contributed by atoms with E-state index < -0.39 is 17.5 Å². The van der Waals surface area contributed by atoms with Crippen LogP contribution in [0.5, 0.6) is 0 Å². The first-order chi connectivity index (χ1) is 19.7. The van der Waals surface area contributed by atoms with Crippen LogP contribution in [0.2, 0.25) is 5.02 Å². The van der Waals surface area contributed by atoms with Crippen LogP contribution < -0.4 is 32.8 Å². The van der Waals surface area contributed by atoms with Gasteiger partial charge in [0.05, 0.1) is 30.3 Å². The lowest BCUT2D eigenvalue weighted by Crippen LogP contribution is -2.34. The van der Waals surface area contributed by atoms with Crippen molar-refractivity contribution in [1.29, 1.82) is 0 Å². The van der Waals surface area contributed by atoms with E-state index in [9.17, 15) is 14.4 Å². The minimum absolute atomic E-state index is 0.0437. The Morgan fingerprint density at radius 1 is 1.12 bits per heavy atom. The van der Waals surface area contributed by atoms with Crippen LogP contribution in [0.25, 0.3) is 11.3 Å². The first-order valence-corrected chi connectivity index (χ1v) is 13.3. The number of benzene rings is 3. The predicted octanol–water partition coefficient (Wildman–Crippen LogP) is 4.16. The van der Waals surface area contributed by atoms with Gasteiger partial charge in [-0.2, -0.15) is 0 Å². The Balaban J connectivity index is 1.50. The van der Waals surface area contributed by atoms with Crippen LogP contribution in [-0.2, 0) is 22.4 Å². The van der Waals surface area contributed by atoms with E-state index in [0.717, 1.165) is 11.1 Å². The number of fused-ring (bicyclic) bond motifs is 1. The Hall–Kier alpha value is -4.64. The van der Waals surface area contributed by atoms with E-state index in [-0.39, 0.29) is 29.6 Å². The molecule has 0 saturated heterocycles. The first-order valence-electron chi connectivity index (χ1n) is 12.5. The second kappa shape index (κ2) is 11.8. The van der Waals surface area contributed by atoms with E-state index in [0.29, 0.717) is 27.6 Å². The van der Waals surface area contributed by atoms with Crippen LogP contribution in [-0.4, -0.2) is 21.4 Å². The molecule has 0 bridgehead atoms. The Bertz CT molecular complexity index is 1720. The standard InChI is InChI=1S/C29H25Cl2N7O3/c30-19-6-9-24(38(33)15-26(31)32)21(13-19)23-14-28(40)37(16-34-23)25(10-17-4-2-1-3-5-17)29(41)35-20-7-8-22-18(11-20)12-27(39)36-22/h1-9,11,13-16,25H,10,12,32-33H2,(H,35,41)(H,36,39)/b26-15-. The van der Waals surface area contributed by atoms with Crippen molar-refractivity contribution < 1.29 is 9.59 Å². The molecule has 41 heavy (non-hydrogen) atoms. The number of anilines is 3. The van der Waals surface area contributed by atoms with Gasteiger partial charge in [-0.3, -0.25) is 24.0 Å². The largest absolute Gasteiger partial charge is 0.388 e. The summed E-state index contributed by atoms with van der Waals surface area (Å²) in [5, 5.41) is 7.22. The van der Waals surface area contributed by atoms with Crippen molar-refractivity contribution in [2.75, 3.05) is 15.6 Å². The zero-order chi connectivity index (χ0) is 29.1. The molecule has 4 aromatic rings. The van der Waals surface area contributed by atoms with Crippen LogP contribution in [0.4, 0.5) is 17.1 Å². The van der Waals surface area contributed by atoms with E-state index >= 15 is 0 Å². The van der Waals surface area contributed by atoms with Gasteiger partial charge in [-0.25, -0.2) is 10.8 Å². The fourth-order valence-corrected chi connectivity index (χ4v) is 4.90. The predicted molar refractivity (Wildman–Crippen MR) is 160 cm³/mol. The van der Waals surface area contributed by atoms with E-state index in [4.69, 9.17) is 34.8 Å². The lowest BCUT2D eigenvalue weighted by Gasteiger charge is -2.21. The van der Waals surface area contributed by atoms with E-state index in [1.807, 2.05) is 30.3 Å². The quantitative estimate of drug-likeness (QED) is 0.137. The number of amides is 2. The number of nitrogens with two attached hydrogens (primary N) is 2. The summed E-state index contributed by atoms with van der Waals surface area (Å²) in [6.45, 7) is 0. The molecule has 10 nitrogen and oxygen atoms in total. The minimum Gasteiger partial charge on any atom is -0.388 e. The molecule has 0 aliphatic carbocycles. The van der Waals surface area contributed by atoms with Crippen LogP contribution in [0.15, 0.2) is 95.3 Å². The first kappa shape index (κ1) is 27.9. The second-order valence-corrected chi connectivity index (χ2v) is 10.3. The summed E-state index contributed by atoms with van der Waals surface area (Å²) >= 11 is 12.0. The summed E-state index contributed by atoms with van der Waals surface area (Å²) in [6, 6.07) is 19.8. The number of carbonyl (C=O) groups excluding carboxylic acids is 2. The molecule has 1 unspecified atom stereocenters. The van der Waals surface area contributed by atoms with Crippen LogP contribution in [0.1, 0.15) is 17.2 Å². The fourth-order valence-electron chi connectivity index (χ4n) is 4.62. The third kappa shape index (κ3) is 6.41. The molecule has 0 radical (unpaired) electrons. The Kier molecular flexibility index (Phi) is 8.06. The minimum atomic E-state index is -0.928. The molecule has 1 aliphatic heterocycles. The van der Waals surface area contributed by atoms with Gasteiger partial charge in [-0.15, -0.1) is 0 Å². The third-order valence-corrected chi connectivity index (χ3v) is 6.85. The number of hydrogen-bond donors (Lipinski definition) is 4. The lowest BCUT2D eigenvalue weighted by atomic mass is 10.0. The SMILES string of the molecule is N/C(Cl)=C\N(N)c1ccc(Cl)cc1-c1cc(=O)n(C(Cc2ccccc2)C(=O)Nc2ccc3c(c2)CC(=O)N3)cn1. The number of nitrogens with one attached hydrogen (secondary N) is 2. The number of nitrogens with zero attached hydrogens (tertiary/aromatic N) is 3. The molecule has 1 aromatic heterocycles. The van der Waals surface area contributed by atoms with E-state index in [2.05, 4.69) is 15.6 Å². The number of hydrazine groups is 1. The second-order valence-electron chi connectivity index (χ2n) is 9.39. The highest BCUT2D eigenvalue weighted by atomic mass is 35.5. The summed E-state index contributed by atoms with van der Waals surface area (Å²) in [5.74, 6) is 5.58. The third-order valence-electron chi connectivity index (χ3n) is 6.52. The molecular weight excluding hydrogens is 565 g/mol. The van der Waals surface area contributed by atoms with Gasteiger partial charge in [0.15, 0.2) is 0 Å². The maximum Gasteiger partial charge on any atom is 0.254 e. The summed E-state index contributed by atoms with van der Waals surface area (Å²) < 4.78 is 1.28. The molecular formula is C29H25Cl2N7O3. The Morgan fingerprint density at radius 3 is 2.63 bits per heavy atom. The molecule has 6 N–H and O–H groups in total. The van der Waals surface area contributed by atoms with E-state index in [1.165, 1.54) is 28.2 Å². The van der Waals surface area contributed by atoms with Crippen LogP contribution in [0.3, 0.4) is 0 Å². The molecule has 3 aromatic carbocycles. The maximum absolute atomic E-state index is 13.6. The van der Waals surface area contributed by atoms with Gasteiger partial charge in [0.2, 0.25) is 11.8 Å². The summed E-state index contributed by atoms with van der Waals surface area (Å²) in [6.07, 6.45) is 3.10. The lowest BCUT2D eigenvalue weighted by molar-refractivity contribution is -0.119. The summed E-state index contributed by atoms with van der Waals surface area (Å²) in [5.41, 5.74) is 9.16. The topological polar surface area (TPSA) is 148 Å². The van der Waals surface area contributed by atoms with Gasteiger partial charge in [0, 0.05) is 34.4 Å². The molecule has 5 rings (SSSR count). The zero-order valence-corrected chi connectivity index (χ0v) is 23.1.